The zero-order valence-electron chi connectivity index (χ0n) is 15.3. The van der Waals surface area contributed by atoms with Crippen molar-refractivity contribution in [3.63, 3.8) is 0 Å². The number of hydrogen-bond donors (Lipinski definition) is 2. The van der Waals surface area contributed by atoms with E-state index in [0.717, 1.165) is 0 Å². The number of furan rings is 1. The van der Waals surface area contributed by atoms with Gasteiger partial charge in [0.25, 0.3) is 0 Å². The van der Waals surface area contributed by atoms with Crippen molar-refractivity contribution in [2.24, 2.45) is 0 Å². The summed E-state index contributed by atoms with van der Waals surface area (Å²) >= 11 is 5.80. The topological polar surface area (TPSA) is 97.6 Å². The van der Waals surface area contributed by atoms with Crippen molar-refractivity contribution >= 4 is 33.2 Å². The van der Waals surface area contributed by atoms with Gasteiger partial charge in [0.2, 0.25) is 15.9 Å². The van der Waals surface area contributed by atoms with Gasteiger partial charge in [0, 0.05) is 10.7 Å². The monoisotopic (exact) mass is 434 g/mol. The highest BCUT2D eigenvalue weighted by Crippen LogP contribution is 2.17. The van der Waals surface area contributed by atoms with Gasteiger partial charge >= 0.3 is 0 Å². The van der Waals surface area contributed by atoms with Gasteiger partial charge in [0.15, 0.2) is 0 Å². The number of ether oxygens (including phenoxy) is 1. The number of nitrogens with one attached hydrogen (secondary N) is 2. The number of carbonyl (C=O) groups excluding carboxylic acids is 1. The Morgan fingerprint density at radius 1 is 1.03 bits per heavy atom. The van der Waals surface area contributed by atoms with E-state index in [0.29, 0.717) is 22.2 Å². The van der Waals surface area contributed by atoms with Crippen LogP contribution in [0.25, 0.3) is 0 Å². The number of halogens is 1. The van der Waals surface area contributed by atoms with E-state index in [4.69, 9.17) is 20.8 Å². The van der Waals surface area contributed by atoms with Crippen molar-refractivity contribution in [1.29, 1.82) is 0 Å². The second kappa shape index (κ2) is 9.60. The fraction of sp³-hybridized carbons (Fsp3) is 0.150. The van der Waals surface area contributed by atoms with E-state index in [-0.39, 0.29) is 30.4 Å². The summed E-state index contributed by atoms with van der Waals surface area (Å²) in [6.07, 6.45) is 1.62. The van der Waals surface area contributed by atoms with Crippen LogP contribution >= 0.6 is 11.6 Å². The van der Waals surface area contributed by atoms with Gasteiger partial charge in [-0.05, 0) is 60.7 Å². The maximum absolute atomic E-state index is 12.3. The van der Waals surface area contributed by atoms with E-state index in [2.05, 4.69) is 10.0 Å². The maximum Gasteiger partial charge on any atom is 0.240 e. The minimum absolute atomic E-state index is 0.0570. The molecule has 0 radical (unpaired) electrons. The van der Waals surface area contributed by atoms with Crippen LogP contribution in [-0.2, 0) is 21.4 Å². The number of sulfonamides is 1. The lowest BCUT2D eigenvalue weighted by Gasteiger charge is -2.09. The molecule has 2 N–H and O–H groups in total. The standard InChI is InChI=1S/C20H19ClN2O5S/c21-15-3-7-17(8-4-15)28-13-11-20(24)23-16-5-9-19(10-6-16)29(25,26)22-14-18-2-1-12-27-18/h1-10,12,22H,11,13-14H2,(H,23,24). The second-order valence-electron chi connectivity index (χ2n) is 6.03. The van der Waals surface area contributed by atoms with Gasteiger partial charge in [-0.15, -0.1) is 0 Å². The van der Waals surface area contributed by atoms with Crippen LogP contribution in [0, 0.1) is 0 Å². The summed E-state index contributed by atoms with van der Waals surface area (Å²) in [6.45, 7) is 0.262. The molecule has 0 spiro atoms. The van der Waals surface area contributed by atoms with Crippen LogP contribution in [0.5, 0.6) is 5.75 Å². The van der Waals surface area contributed by atoms with Gasteiger partial charge in [0.05, 0.1) is 30.7 Å². The summed E-state index contributed by atoms with van der Waals surface area (Å²) in [7, 11) is -3.68. The van der Waals surface area contributed by atoms with Crippen molar-refractivity contribution in [3.05, 3.63) is 77.7 Å². The Bertz CT molecular complexity index is 1030. The first kappa shape index (κ1) is 20.9. The van der Waals surface area contributed by atoms with Crippen molar-refractivity contribution in [2.75, 3.05) is 11.9 Å². The Morgan fingerprint density at radius 2 is 1.76 bits per heavy atom. The molecule has 1 heterocycles. The lowest BCUT2D eigenvalue weighted by molar-refractivity contribution is -0.116. The lowest BCUT2D eigenvalue weighted by atomic mass is 10.3. The third-order valence-electron chi connectivity index (χ3n) is 3.88. The van der Waals surface area contributed by atoms with E-state index in [9.17, 15) is 13.2 Å². The molecular weight excluding hydrogens is 416 g/mol. The molecule has 0 atom stereocenters. The third-order valence-corrected chi connectivity index (χ3v) is 5.55. The summed E-state index contributed by atoms with van der Waals surface area (Å²) in [6, 6.07) is 16.1. The normalized spacial score (nSPS) is 11.2. The quantitative estimate of drug-likeness (QED) is 0.533. The first-order chi connectivity index (χ1) is 13.9. The van der Waals surface area contributed by atoms with E-state index in [1.54, 1.807) is 36.4 Å². The van der Waals surface area contributed by atoms with E-state index < -0.39 is 10.0 Å². The predicted octanol–water partition coefficient (Wildman–Crippen LogP) is 3.82. The van der Waals surface area contributed by atoms with Crippen LogP contribution in [0.4, 0.5) is 5.69 Å². The van der Waals surface area contributed by atoms with Gasteiger partial charge in [-0.1, -0.05) is 11.6 Å². The van der Waals surface area contributed by atoms with Crippen molar-refractivity contribution in [3.8, 4) is 5.75 Å². The van der Waals surface area contributed by atoms with Gasteiger partial charge < -0.3 is 14.5 Å². The Labute approximate surface area is 173 Å². The minimum atomic E-state index is -3.68. The molecule has 3 rings (SSSR count). The molecule has 152 valence electrons. The van der Waals surface area contributed by atoms with Crippen LogP contribution in [0.3, 0.4) is 0 Å². The van der Waals surface area contributed by atoms with Crippen LogP contribution in [-0.4, -0.2) is 20.9 Å². The van der Waals surface area contributed by atoms with Crippen molar-refractivity contribution in [2.45, 2.75) is 17.9 Å². The van der Waals surface area contributed by atoms with E-state index in [1.807, 2.05) is 0 Å². The van der Waals surface area contributed by atoms with Crippen molar-refractivity contribution < 1.29 is 22.4 Å². The molecular formula is C20H19ClN2O5S. The summed E-state index contributed by atoms with van der Waals surface area (Å²) in [5.74, 6) is 0.891. The van der Waals surface area contributed by atoms with Crippen LogP contribution < -0.4 is 14.8 Å². The number of amides is 1. The molecule has 0 bridgehead atoms. The Hall–Kier alpha value is -2.81. The predicted molar refractivity (Wildman–Crippen MR) is 109 cm³/mol. The summed E-state index contributed by atoms with van der Waals surface area (Å²) in [5, 5.41) is 3.31. The van der Waals surface area contributed by atoms with Crippen LogP contribution in [0.2, 0.25) is 5.02 Å². The second-order valence-corrected chi connectivity index (χ2v) is 8.23. The van der Waals surface area contributed by atoms with E-state index >= 15 is 0 Å². The molecule has 1 aromatic heterocycles. The zero-order chi connectivity index (χ0) is 20.7. The highest BCUT2D eigenvalue weighted by Gasteiger charge is 2.14. The molecule has 29 heavy (non-hydrogen) atoms. The number of carbonyl (C=O) groups is 1. The third kappa shape index (κ3) is 6.35. The molecule has 0 unspecified atom stereocenters. The molecule has 1 amide bonds. The number of benzene rings is 2. The van der Waals surface area contributed by atoms with Crippen LogP contribution in [0.15, 0.2) is 76.2 Å². The maximum atomic E-state index is 12.3. The fourth-order valence-electron chi connectivity index (χ4n) is 2.40. The number of anilines is 1. The Kier molecular flexibility index (Phi) is 6.92. The Morgan fingerprint density at radius 3 is 2.41 bits per heavy atom. The molecule has 7 nitrogen and oxygen atoms in total. The summed E-state index contributed by atoms with van der Waals surface area (Å²) < 4.78 is 37.6. The highest BCUT2D eigenvalue weighted by atomic mass is 35.5. The van der Waals surface area contributed by atoms with E-state index in [1.165, 1.54) is 30.5 Å². The highest BCUT2D eigenvalue weighted by molar-refractivity contribution is 7.89. The summed E-state index contributed by atoms with van der Waals surface area (Å²) in [4.78, 5) is 12.1. The van der Waals surface area contributed by atoms with Gasteiger partial charge in [0.1, 0.15) is 11.5 Å². The zero-order valence-corrected chi connectivity index (χ0v) is 16.9. The fourth-order valence-corrected chi connectivity index (χ4v) is 3.52. The summed E-state index contributed by atoms with van der Waals surface area (Å²) in [5.41, 5.74) is 0.492. The Balaban J connectivity index is 1.47. The van der Waals surface area contributed by atoms with Gasteiger partial charge in [-0.3, -0.25) is 4.79 Å². The number of rotatable bonds is 9. The lowest BCUT2D eigenvalue weighted by Crippen LogP contribution is -2.23. The van der Waals surface area contributed by atoms with Gasteiger partial charge in [-0.2, -0.15) is 0 Å². The van der Waals surface area contributed by atoms with Gasteiger partial charge in [-0.25, -0.2) is 13.1 Å². The molecule has 0 saturated carbocycles. The first-order valence-corrected chi connectivity index (χ1v) is 10.6. The average Bonchev–Trinajstić information content (AvgIpc) is 3.22. The first-order valence-electron chi connectivity index (χ1n) is 8.73. The average molecular weight is 435 g/mol. The molecule has 0 fully saturated rings. The molecule has 0 aliphatic carbocycles. The number of hydrogen-bond acceptors (Lipinski definition) is 5. The molecule has 3 aromatic rings. The van der Waals surface area contributed by atoms with Crippen LogP contribution in [0.1, 0.15) is 12.2 Å². The van der Waals surface area contributed by atoms with Crippen molar-refractivity contribution in [1.82, 2.24) is 4.72 Å². The smallest absolute Gasteiger partial charge is 0.240 e. The molecule has 0 aliphatic rings. The largest absolute Gasteiger partial charge is 0.493 e. The minimum Gasteiger partial charge on any atom is -0.493 e. The SMILES string of the molecule is O=C(CCOc1ccc(Cl)cc1)Nc1ccc(S(=O)(=O)NCc2ccco2)cc1. The molecule has 0 saturated heterocycles. The molecule has 0 aliphatic heterocycles. The molecule has 9 heteroatoms. The molecule has 2 aromatic carbocycles.